The number of nitrogens with one attached hydrogen (secondary N) is 2. The lowest BCUT2D eigenvalue weighted by atomic mass is 10.2. The van der Waals surface area contributed by atoms with E-state index in [0.29, 0.717) is 10.6 Å². The van der Waals surface area contributed by atoms with Gasteiger partial charge in [0.25, 0.3) is 17.5 Å². The van der Waals surface area contributed by atoms with Crippen LogP contribution in [-0.4, -0.2) is 35.8 Å². The second-order valence-electron chi connectivity index (χ2n) is 4.76. The Morgan fingerprint density at radius 1 is 1.22 bits per heavy atom. The highest BCUT2D eigenvalue weighted by atomic mass is 32.1. The highest BCUT2D eigenvalue weighted by Gasteiger charge is 2.17. The van der Waals surface area contributed by atoms with Crippen LogP contribution in [0.15, 0.2) is 35.7 Å². The van der Waals surface area contributed by atoms with Crippen LogP contribution >= 0.6 is 11.3 Å². The van der Waals surface area contributed by atoms with Crippen molar-refractivity contribution in [3.8, 4) is 0 Å². The molecule has 0 saturated heterocycles. The highest BCUT2D eigenvalue weighted by molar-refractivity contribution is 7.14. The van der Waals surface area contributed by atoms with Crippen LogP contribution < -0.4 is 10.7 Å². The van der Waals surface area contributed by atoms with Gasteiger partial charge in [-0.3, -0.25) is 25.1 Å². The highest BCUT2D eigenvalue weighted by Crippen LogP contribution is 2.24. The number of hydrogen-bond donors (Lipinski definition) is 2. The molecule has 0 spiro atoms. The lowest BCUT2D eigenvalue weighted by Gasteiger charge is -2.12. The number of hydrogen-bond acceptors (Lipinski definition) is 6. The molecule has 2 amide bonds. The van der Waals surface area contributed by atoms with Crippen molar-refractivity contribution in [3.63, 3.8) is 0 Å². The van der Waals surface area contributed by atoms with E-state index in [0.717, 1.165) is 0 Å². The summed E-state index contributed by atoms with van der Waals surface area (Å²) in [6.07, 6.45) is 0. The second-order valence-corrected chi connectivity index (χ2v) is 5.68. The maximum absolute atomic E-state index is 12.2. The molecule has 9 heteroatoms. The van der Waals surface area contributed by atoms with Crippen LogP contribution in [0.5, 0.6) is 0 Å². The third-order valence-corrected chi connectivity index (χ3v) is 3.61. The fourth-order valence-corrected chi connectivity index (χ4v) is 2.56. The van der Waals surface area contributed by atoms with Crippen molar-refractivity contribution in [2.24, 2.45) is 0 Å². The first-order chi connectivity index (χ1) is 10.9. The molecule has 1 heterocycles. The number of nitro benzene ring substituents is 1. The topological polar surface area (TPSA) is 105 Å². The van der Waals surface area contributed by atoms with Crippen molar-refractivity contribution in [3.05, 3.63) is 57.0 Å². The smallest absolute Gasteiger partial charge is 0.270 e. The number of carbonyl (C=O) groups excluding carboxylic acids is 2. The van der Waals surface area contributed by atoms with Gasteiger partial charge < -0.3 is 5.32 Å². The standard InChI is InChI=1S/C14H14N4O4S/c1-17(2)16-13(20)11-6-7-23-14(11)15-12(19)9-4-3-5-10(8-9)18(21)22/h3-8H,1-2H3,(H,15,19)(H,16,20). The number of non-ortho nitro benzene ring substituents is 1. The molecule has 0 aliphatic carbocycles. The SMILES string of the molecule is CN(C)NC(=O)c1ccsc1NC(=O)c1cccc([N+](=O)[O-])c1. The molecule has 0 bridgehead atoms. The summed E-state index contributed by atoms with van der Waals surface area (Å²) in [6.45, 7) is 0. The van der Waals surface area contributed by atoms with E-state index >= 15 is 0 Å². The third-order valence-electron chi connectivity index (χ3n) is 2.78. The van der Waals surface area contributed by atoms with E-state index in [9.17, 15) is 19.7 Å². The van der Waals surface area contributed by atoms with Crippen molar-refractivity contribution in [1.29, 1.82) is 0 Å². The number of carbonyl (C=O) groups is 2. The molecular formula is C14H14N4O4S. The summed E-state index contributed by atoms with van der Waals surface area (Å²) >= 11 is 1.19. The number of amides is 2. The van der Waals surface area contributed by atoms with Crippen LogP contribution in [0, 0.1) is 10.1 Å². The zero-order valence-corrected chi connectivity index (χ0v) is 13.2. The minimum atomic E-state index is -0.572. The molecule has 8 nitrogen and oxygen atoms in total. The molecule has 2 rings (SSSR count). The van der Waals surface area contributed by atoms with E-state index in [4.69, 9.17) is 0 Å². The van der Waals surface area contributed by atoms with Gasteiger partial charge in [-0.1, -0.05) is 6.07 Å². The van der Waals surface area contributed by atoms with Crippen molar-refractivity contribution in [2.45, 2.75) is 0 Å². The fourth-order valence-electron chi connectivity index (χ4n) is 1.78. The van der Waals surface area contributed by atoms with Crippen molar-refractivity contribution >= 4 is 33.8 Å². The quantitative estimate of drug-likeness (QED) is 0.644. The summed E-state index contributed by atoms with van der Waals surface area (Å²) in [5.41, 5.74) is 2.88. The van der Waals surface area contributed by atoms with Crippen LogP contribution in [-0.2, 0) is 0 Å². The van der Waals surface area contributed by atoms with Gasteiger partial charge in [0.1, 0.15) is 5.00 Å². The first-order valence-corrected chi connectivity index (χ1v) is 7.38. The van der Waals surface area contributed by atoms with Gasteiger partial charge in [0.2, 0.25) is 0 Å². The normalized spacial score (nSPS) is 10.4. The number of benzene rings is 1. The minimum Gasteiger partial charge on any atom is -0.313 e. The largest absolute Gasteiger partial charge is 0.313 e. The first-order valence-electron chi connectivity index (χ1n) is 6.50. The molecule has 0 atom stereocenters. The number of nitrogens with zero attached hydrogens (tertiary/aromatic N) is 2. The van der Waals surface area contributed by atoms with Crippen molar-refractivity contribution in [2.75, 3.05) is 19.4 Å². The number of rotatable bonds is 5. The van der Waals surface area contributed by atoms with Crippen LogP contribution in [0.3, 0.4) is 0 Å². The Morgan fingerprint density at radius 2 is 1.96 bits per heavy atom. The Labute approximate surface area is 135 Å². The molecule has 0 aliphatic heterocycles. The van der Waals surface area contributed by atoms with Gasteiger partial charge in [0, 0.05) is 31.8 Å². The molecule has 0 saturated carbocycles. The Bertz CT molecular complexity index is 757. The van der Waals surface area contributed by atoms with E-state index in [2.05, 4.69) is 10.7 Å². The summed E-state index contributed by atoms with van der Waals surface area (Å²) in [5.74, 6) is -0.874. The summed E-state index contributed by atoms with van der Waals surface area (Å²) in [5, 5.41) is 16.9. The molecule has 2 aromatic rings. The molecule has 0 fully saturated rings. The van der Waals surface area contributed by atoms with Gasteiger partial charge >= 0.3 is 0 Å². The van der Waals surface area contributed by atoms with E-state index in [1.54, 1.807) is 25.5 Å². The zero-order valence-electron chi connectivity index (χ0n) is 12.4. The Kier molecular flexibility index (Phi) is 5.04. The zero-order chi connectivity index (χ0) is 17.0. The second kappa shape index (κ2) is 6.99. The summed E-state index contributed by atoms with van der Waals surface area (Å²) in [7, 11) is 3.34. The molecule has 1 aromatic heterocycles. The minimum absolute atomic E-state index is 0.145. The Morgan fingerprint density at radius 3 is 2.61 bits per heavy atom. The number of hydrazine groups is 1. The predicted octanol–water partition coefficient (Wildman–Crippen LogP) is 2.11. The molecule has 120 valence electrons. The average Bonchev–Trinajstić information content (AvgIpc) is 2.94. The van der Waals surface area contributed by atoms with Gasteiger partial charge in [-0.25, -0.2) is 5.01 Å². The lowest BCUT2D eigenvalue weighted by Crippen LogP contribution is -2.36. The molecule has 0 aliphatic rings. The maximum Gasteiger partial charge on any atom is 0.270 e. The summed E-state index contributed by atoms with van der Waals surface area (Å²) in [4.78, 5) is 34.4. The maximum atomic E-state index is 12.2. The van der Waals surface area contributed by atoms with E-state index in [1.807, 2.05) is 0 Å². The van der Waals surface area contributed by atoms with Crippen LogP contribution in [0.25, 0.3) is 0 Å². The summed E-state index contributed by atoms with van der Waals surface area (Å²) < 4.78 is 0. The van der Waals surface area contributed by atoms with E-state index in [-0.39, 0.29) is 17.2 Å². The predicted molar refractivity (Wildman–Crippen MR) is 86.5 cm³/mol. The summed E-state index contributed by atoms with van der Waals surface area (Å²) in [6, 6.07) is 6.98. The number of thiophene rings is 1. The van der Waals surface area contributed by atoms with Gasteiger partial charge in [-0.2, -0.15) is 0 Å². The lowest BCUT2D eigenvalue weighted by molar-refractivity contribution is -0.384. The molecular weight excluding hydrogens is 320 g/mol. The Hall–Kier alpha value is -2.78. The Balaban J connectivity index is 2.18. The van der Waals surface area contributed by atoms with E-state index in [1.165, 1.54) is 40.6 Å². The van der Waals surface area contributed by atoms with Crippen LogP contribution in [0.4, 0.5) is 10.7 Å². The van der Waals surface area contributed by atoms with Gasteiger partial charge in [-0.15, -0.1) is 11.3 Å². The van der Waals surface area contributed by atoms with Gasteiger partial charge in [0.15, 0.2) is 0 Å². The van der Waals surface area contributed by atoms with Gasteiger partial charge in [0.05, 0.1) is 10.5 Å². The molecule has 1 aromatic carbocycles. The van der Waals surface area contributed by atoms with E-state index < -0.39 is 10.8 Å². The average molecular weight is 334 g/mol. The number of anilines is 1. The van der Waals surface area contributed by atoms with Crippen LogP contribution in [0.2, 0.25) is 0 Å². The fraction of sp³-hybridized carbons (Fsp3) is 0.143. The third kappa shape index (κ3) is 4.11. The number of nitro groups is 1. The monoisotopic (exact) mass is 334 g/mol. The van der Waals surface area contributed by atoms with Crippen LogP contribution in [0.1, 0.15) is 20.7 Å². The van der Waals surface area contributed by atoms with Crippen molar-refractivity contribution in [1.82, 2.24) is 10.4 Å². The van der Waals surface area contributed by atoms with Gasteiger partial charge in [-0.05, 0) is 17.5 Å². The molecule has 2 N–H and O–H groups in total. The van der Waals surface area contributed by atoms with Crippen molar-refractivity contribution < 1.29 is 14.5 Å². The first kappa shape index (κ1) is 16.6. The molecule has 0 radical (unpaired) electrons. The molecule has 0 unspecified atom stereocenters. The molecule has 23 heavy (non-hydrogen) atoms.